The Labute approximate surface area is 212 Å². The van der Waals surface area contributed by atoms with Gasteiger partial charge in [-0.3, -0.25) is 4.79 Å². The zero-order chi connectivity index (χ0) is 26.1. The molecule has 37 heavy (non-hydrogen) atoms. The fraction of sp³-hybridized carbons (Fsp3) is 0.346. The van der Waals surface area contributed by atoms with Gasteiger partial charge in [-0.05, 0) is 31.1 Å². The summed E-state index contributed by atoms with van der Waals surface area (Å²) in [6.07, 6.45) is 4.78. The van der Waals surface area contributed by atoms with Crippen LogP contribution in [-0.2, 0) is 9.53 Å². The molecule has 1 aliphatic heterocycles. The van der Waals surface area contributed by atoms with Gasteiger partial charge >= 0.3 is 0 Å². The van der Waals surface area contributed by atoms with Gasteiger partial charge in [0.25, 0.3) is 0 Å². The molecular weight excluding hydrogens is 484 g/mol. The van der Waals surface area contributed by atoms with Crippen molar-refractivity contribution < 1.29 is 27.8 Å². The molecule has 11 heteroatoms. The van der Waals surface area contributed by atoms with Gasteiger partial charge in [0, 0.05) is 29.1 Å². The molecule has 0 bridgehead atoms. The first-order valence-corrected chi connectivity index (χ1v) is 11.9. The maximum absolute atomic E-state index is 15.2. The molecule has 0 spiro atoms. The molecule has 2 aliphatic rings. The van der Waals surface area contributed by atoms with Crippen LogP contribution >= 0.6 is 0 Å². The lowest BCUT2D eigenvalue weighted by Crippen LogP contribution is -2.45. The molecule has 1 aliphatic carbocycles. The zero-order valence-electron chi connectivity index (χ0n) is 20.4. The number of fused-ring (bicyclic) bond motifs is 1. The fourth-order valence-electron chi connectivity index (χ4n) is 4.27. The minimum atomic E-state index is -0.870. The van der Waals surface area contributed by atoms with Crippen LogP contribution in [0, 0.1) is 11.6 Å². The lowest BCUT2D eigenvalue weighted by Gasteiger charge is -2.21. The molecule has 9 nitrogen and oxygen atoms in total. The Bertz CT molecular complexity index is 1340. The lowest BCUT2D eigenvalue weighted by atomic mass is 10.1. The first kappa shape index (κ1) is 24.7. The first-order chi connectivity index (χ1) is 17.9. The van der Waals surface area contributed by atoms with E-state index in [0.717, 1.165) is 24.3 Å². The number of carbonyl (C=O) groups excluding carboxylic acids is 1. The van der Waals surface area contributed by atoms with Gasteiger partial charge in [-0.25, -0.2) is 18.7 Å². The maximum Gasteiger partial charge on any atom is 0.243 e. The second-order valence-corrected chi connectivity index (χ2v) is 8.96. The molecule has 1 amide bonds. The summed E-state index contributed by atoms with van der Waals surface area (Å²) in [6.45, 7) is 4.24. The van der Waals surface area contributed by atoms with E-state index in [9.17, 15) is 4.79 Å². The number of anilines is 2. The van der Waals surface area contributed by atoms with Crippen LogP contribution in [0.15, 0.2) is 37.1 Å². The zero-order valence-corrected chi connectivity index (χ0v) is 20.4. The summed E-state index contributed by atoms with van der Waals surface area (Å²) < 4.78 is 46.2. The number of halogens is 2. The highest BCUT2D eigenvalue weighted by molar-refractivity contribution is 5.96. The summed E-state index contributed by atoms with van der Waals surface area (Å²) >= 11 is 0. The van der Waals surface area contributed by atoms with E-state index in [-0.39, 0.29) is 46.8 Å². The van der Waals surface area contributed by atoms with E-state index >= 15 is 8.78 Å². The number of rotatable bonds is 9. The van der Waals surface area contributed by atoms with Crippen LogP contribution < -0.4 is 25.4 Å². The Kier molecular flexibility index (Phi) is 6.79. The Morgan fingerprint density at radius 2 is 1.78 bits per heavy atom. The van der Waals surface area contributed by atoms with Gasteiger partial charge in [-0.2, -0.15) is 0 Å². The fourth-order valence-corrected chi connectivity index (χ4v) is 4.27. The topological polar surface area (TPSA) is 107 Å². The summed E-state index contributed by atoms with van der Waals surface area (Å²) in [5.41, 5.74) is -0.259. The van der Waals surface area contributed by atoms with Crippen molar-refractivity contribution in [3.05, 3.63) is 48.7 Å². The second kappa shape index (κ2) is 10.2. The van der Waals surface area contributed by atoms with Crippen molar-refractivity contribution in [3.63, 3.8) is 0 Å². The molecule has 1 aromatic carbocycles. The van der Waals surface area contributed by atoms with Gasteiger partial charge in [0.2, 0.25) is 5.91 Å². The number of methoxy groups -OCH3 is 2. The minimum Gasteiger partial charge on any atom is -0.494 e. The number of amides is 1. The van der Waals surface area contributed by atoms with Crippen LogP contribution in [0.25, 0.3) is 22.0 Å². The molecule has 3 N–H and O–H groups in total. The molecule has 0 unspecified atom stereocenters. The Balaban J connectivity index is 1.54. The Morgan fingerprint density at radius 3 is 2.43 bits per heavy atom. The van der Waals surface area contributed by atoms with Gasteiger partial charge in [0.05, 0.1) is 50.8 Å². The van der Waals surface area contributed by atoms with Crippen molar-refractivity contribution >= 4 is 28.3 Å². The average Bonchev–Trinajstić information content (AvgIpc) is 3.62. The predicted octanol–water partition coefficient (Wildman–Crippen LogP) is 3.65. The average molecular weight is 512 g/mol. The number of hydrogen-bond donors (Lipinski definition) is 3. The van der Waals surface area contributed by atoms with E-state index in [0.29, 0.717) is 30.2 Å². The molecule has 194 valence electrons. The summed E-state index contributed by atoms with van der Waals surface area (Å²) in [4.78, 5) is 20.9. The molecular formula is C26H27F2N5O4. The quantitative estimate of drug-likeness (QED) is 0.374. The highest BCUT2D eigenvalue weighted by Crippen LogP contribution is 2.39. The highest BCUT2D eigenvalue weighted by Gasteiger charge is 2.30. The van der Waals surface area contributed by atoms with Crippen molar-refractivity contribution in [1.82, 2.24) is 15.3 Å². The maximum atomic E-state index is 15.2. The number of nitrogens with zero attached hydrogens (tertiary/aromatic N) is 2. The van der Waals surface area contributed by atoms with Gasteiger partial charge in [-0.15, -0.1) is 0 Å². The smallest absolute Gasteiger partial charge is 0.243 e. The summed E-state index contributed by atoms with van der Waals surface area (Å²) in [6, 6.07) is 4.34. The molecule has 2 atom stereocenters. The second-order valence-electron chi connectivity index (χ2n) is 8.96. The third kappa shape index (κ3) is 4.99. The molecule has 5 rings (SSSR count). The number of hydrogen-bond acceptors (Lipinski definition) is 8. The lowest BCUT2D eigenvalue weighted by molar-refractivity contribution is -0.117. The first-order valence-electron chi connectivity index (χ1n) is 11.9. The molecule has 3 aromatic rings. The largest absolute Gasteiger partial charge is 0.494 e. The Morgan fingerprint density at radius 1 is 1.08 bits per heavy atom. The van der Waals surface area contributed by atoms with E-state index in [1.165, 1.54) is 20.3 Å². The highest BCUT2D eigenvalue weighted by atomic mass is 19.1. The van der Waals surface area contributed by atoms with E-state index in [4.69, 9.17) is 14.2 Å². The molecule has 2 fully saturated rings. The number of carbonyl (C=O) groups is 1. The molecule has 1 saturated heterocycles. The third-order valence-corrected chi connectivity index (χ3v) is 6.39. The molecule has 0 radical (unpaired) electrons. The van der Waals surface area contributed by atoms with Crippen LogP contribution in [0.3, 0.4) is 0 Å². The van der Waals surface area contributed by atoms with Crippen molar-refractivity contribution in [3.8, 4) is 22.8 Å². The van der Waals surface area contributed by atoms with Gasteiger partial charge in [-0.1, -0.05) is 6.58 Å². The number of pyridine rings is 2. The summed E-state index contributed by atoms with van der Waals surface area (Å²) in [5.74, 6) is -1.29. The number of aromatic nitrogens is 2. The van der Waals surface area contributed by atoms with Crippen LogP contribution in [-0.4, -0.2) is 61.4 Å². The monoisotopic (exact) mass is 511 g/mol. The SMILES string of the molecule is C=CC(=O)N[C@H]1COC[C@H]1Nc1cc2c(NC3CC3)nc(-c3c(F)c(OC)cc(OC)c3F)cc2cn1. The number of ether oxygens (including phenoxy) is 3. The number of benzene rings is 1. The van der Waals surface area contributed by atoms with Crippen LogP contribution in [0.1, 0.15) is 12.8 Å². The van der Waals surface area contributed by atoms with Crippen molar-refractivity contribution in [2.24, 2.45) is 0 Å². The van der Waals surface area contributed by atoms with E-state index < -0.39 is 11.6 Å². The third-order valence-electron chi connectivity index (χ3n) is 6.39. The van der Waals surface area contributed by atoms with Crippen LogP contribution in [0.4, 0.5) is 20.4 Å². The standard InChI is InChI=1S/C26H27F2N5O4/c1-4-22(34)32-18-12-37-11-17(18)31-21-8-15-13(10-29-21)7-16(33-26(15)30-14-5-6-14)23-24(27)19(35-2)9-20(36-3)25(23)28/h4,7-10,14,17-18H,1,5-6,11-12H2,2-3H3,(H,29,31)(H,30,33)(H,32,34)/t17-,18+/m1/s1. The van der Waals surface area contributed by atoms with E-state index in [1.54, 1.807) is 12.3 Å². The van der Waals surface area contributed by atoms with E-state index in [2.05, 4.69) is 32.5 Å². The summed E-state index contributed by atoms with van der Waals surface area (Å²) in [7, 11) is 2.60. The van der Waals surface area contributed by atoms with Gasteiger partial charge in [0.1, 0.15) is 11.6 Å². The predicted molar refractivity (Wildman–Crippen MR) is 135 cm³/mol. The molecule has 3 heterocycles. The van der Waals surface area contributed by atoms with E-state index in [1.807, 2.05) is 6.07 Å². The summed E-state index contributed by atoms with van der Waals surface area (Å²) in [5, 5.41) is 10.9. The van der Waals surface area contributed by atoms with Crippen LogP contribution in [0.2, 0.25) is 0 Å². The van der Waals surface area contributed by atoms with Gasteiger partial charge < -0.3 is 30.2 Å². The van der Waals surface area contributed by atoms with Crippen molar-refractivity contribution in [2.75, 3.05) is 38.1 Å². The van der Waals surface area contributed by atoms with Crippen molar-refractivity contribution in [1.29, 1.82) is 0 Å². The van der Waals surface area contributed by atoms with Gasteiger partial charge in [0.15, 0.2) is 23.1 Å². The molecule has 1 saturated carbocycles. The molecule has 2 aromatic heterocycles. The van der Waals surface area contributed by atoms with Crippen molar-refractivity contribution in [2.45, 2.75) is 31.0 Å². The number of nitrogens with one attached hydrogen (secondary N) is 3. The minimum absolute atomic E-state index is 0.0850. The normalized spacial score (nSPS) is 18.9. The van der Waals surface area contributed by atoms with Crippen LogP contribution in [0.5, 0.6) is 11.5 Å². The Hall–Kier alpha value is -3.99.